The van der Waals surface area contributed by atoms with E-state index in [1.807, 2.05) is 24.3 Å². The topological polar surface area (TPSA) is 63.4 Å². The lowest BCUT2D eigenvalue weighted by molar-refractivity contribution is 0.281. The summed E-state index contributed by atoms with van der Waals surface area (Å²) in [5.41, 5.74) is 7.65. The van der Waals surface area contributed by atoms with Crippen LogP contribution in [-0.2, 0) is 16.4 Å². The Bertz CT molecular complexity index is 512. The van der Waals surface area contributed by atoms with Crippen molar-refractivity contribution in [2.75, 3.05) is 24.6 Å². The largest absolute Gasteiger partial charge is 0.399 e. The minimum Gasteiger partial charge on any atom is -0.399 e. The van der Waals surface area contributed by atoms with E-state index in [0.29, 0.717) is 6.54 Å². The van der Waals surface area contributed by atoms with Gasteiger partial charge in [0.2, 0.25) is 0 Å². The summed E-state index contributed by atoms with van der Waals surface area (Å²) in [5.74, 6) is 0.215. The first kappa shape index (κ1) is 17.0. The molecule has 0 aromatic heterocycles. The average Bonchev–Trinajstić information content (AvgIpc) is 2.36. The summed E-state index contributed by atoms with van der Waals surface area (Å²) in [6, 6.07) is 7.76. The van der Waals surface area contributed by atoms with Gasteiger partial charge in [-0.25, -0.2) is 8.42 Å². The van der Waals surface area contributed by atoms with Crippen LogP contribution < -0.4 is 5.73 Å². The third-order valence-corrected chi connectivity index (χ3v) is 5.50. The molecule has 0 radical (unpaired) electrons. The van der Waals surface area contributed by atoms with E-state index in [0.717, 1.165) is 30.8 Å². The molecule has 0 amide bonds. The molecule has 1 rings (SSSR count). The van der Waals surface area contributed by atoms with Gasteiger partial charge in [0.1, 0.15) is 0 Å². The number of benzene rings is 1. The second-order valence-corrected chi connectivity index (χ2v) is 8.11. The van der Waals surface area contributed by atoms with Crippen molar-refractivity contribution in [1.82, 2.24) is 4.90 Å². The van der Waals surface area contributed by atoms with Crippen LogP contribution in [0.4, 0.5) is 5.69 Å². The summed E-state index contributed by atoms with van der Waals surface area (Å²) >= 11 is 0. The molecule has 4 nitrogen and oxygen atoms in total. The van der Waals surface area contributed by atoms with Crippen molar-refractivity contribution in [3.8, 4) is 0 Å². The number of nitrogen functional groups attached to an aromatic ring is 1. The number of sulfone groups is 1. The van der Waals surface area contributed by atoms with E-state index < -0.39 is 9.84 Å². The monoisotopic (exact) mass is 298 g/mol. The third-order valence-electron chi connectivity index (χ3n) is 3.31. The third kappa shape index (κ3) is 5.51. The molecular formula is C15H26N2O2S. The highest BCUT2D eigenvalue weighted by Crippen LogP contribution is 2.11. The Kier molecular flexibility index (Phi) is 6.49. The molecular weight excluding hydrogens is 272 g/mol. The molecule has 0 aliphatic carbocycles. The summed E-state index contributed by atoms with van der Waals surface area (Å²) in [5, 5.41) is -0.307. The van der Waals surface area contributed by atoms with Crippen LogP contribution in [-0.4, -0.2) is 37.4 Å². The average molecular weight is 298 g/mol. The zero-order chi connectivity index (χ0) is 15.2. The van der Waals surface area contributed by atoms with Crippen molar-refractivity contribution in [2.45, 2.75) is 39.0 Å². The Morgan fingerprint density at radius 1 is 1.25 bits per heavy atom. The highest BCUT2D eigenvalue weighted by Gasteiger charge is 2.17. The van der Waals surface area contributed by atoms with E-state index in [1.165, 1.54) is 0 Å². The smallest absolute Gasteiger partial charge is 0.153 e. The van der Waals surface area contributed by atoms with Gasteiger partial charge in [0.15, 0.2) is 9.84 Å². The summed E-state index contributed by atoms with van der Waals surface area (Å²) in [7, 11) is -2.98. The number of hydrogen-bond acceptors (Lipinski definition) is 4. The molecule has 114 valence electrons. The van der Waals surface area contributed by atoms with Gasteiger partial charge >= 0.3 is 0 Å². The molecule has 0 unspecified atom stereocenters. The van der Waals surface area contributed by atoms with Crippen molar-refractivity contribution < 1.29 is 8.42 Å². The Morgan fingerprint density at radius 3 is 2.50 bits per heavy atom. The van der Waals surface area contributed by atoms with Gasteiger partial charge in [-0.3, -0.25) is 4.90 Å². The first-order valence-electron chi connectivity index (χ1n) is 7.13. The number of hydrogen-bond donors (Lipinski definition) is 1. The van der Waals surface area contributed by atoms with E-state index in [2.05, 4.69) is 11.8 Å². The molecule has 1 aromatic carbocycles. The Hall–Kier alpha value is -1.07. The van der Waals surface area contributed by atoms with Gasteiger partial charge in [-0.15, -0.1) is 0 Å². The lowest BCUT2D eigenvalue weighted by Gasteiger charge is -2.22. The molecule has 5 heteroatoms. The van der Waals surface area contributed by atoms with Crippen molar-refractivity contribution in [3.63, 3.8) is 0 Å². The van der Waals surface area contributed by atoms with Crippen molar-refractivity contribution in [3.05, 3.63) is 29.8 Å². The van der Waals surface area contributed by atoms with Gasteiger partial charge in [-0.2, -0.15) is 0 Å². The van der Waals surface area contributed by atoms with Gasteiger partial charge in [-0.1, -0.05) is 19.1 Å². The van der Waals surface area contributed by atoms with Crippen LogP contribution in [0.1, 0.15) is 32.8 Å². The Morgan fingerprint density at radius 2 is 1.95 bits per heavy atom. The fourth-order valence-electron chi connectivity index (χ4n) is 2.03. The van der Waals surface area contributed by atoms with Gasteiger partial charge in [-0.05, 0) is 44.5 Å². The van der Waals surface area contributed by atoms with E-state index in [4.69, 9.17) is 5.73 Å². The maximum Gasteiger partial charge on any atom is 0.153 e. The Labute approximate surface area is 122 Å². The fourth-order valence-corrected chi connectivity index (χ4v) is 3.01. The SMILES string of the molecule is CCCN(CCS(=O)(=O)C(C)C)Cc1cccc(N)c1. The summed E-state index contributed by atoms with van der Waals surface area (Å²) < 4.78 is 23.8. The molecule has 0 aliphatic rings. The molecule has 1 aromatic rings. The van der Waals surface area contributed by atoms with Crippen LogP contribution in [0, 0.1) is 0 Å². The second kappa shape index (κ2) is 7.64. The maximum atomic E-state index is 11.9. The van der Waals surface area contributed by atoms with Crippen LogP contribution in [0.5, 0.6) is 0 Å². The molecule has 0 fully saturated rings. The molecule has 0 bridgehead atoms. The number of rotatable bonds is 8. The zero-order valence-corrected chi connectivity index (χ0v) is 13.5. The van der Waals surface area contributed by atoms with Gasteiger partial charge in [0, 0.05) is 18.8 Å². The quantitative estimate of drug-likeness (QED) is 0.748. The molecule has 20 heavy (non-hydrogen) atoms. The molecule has 0 aliphatic heterocycles. The fraction of sp³-hybridized carbons (Fsp3) is 0.600. The molecule has 2 N–H and O–H groups in total. The lowest BCUT2D eigenvalue weighted by Crippen LogP contribution is -2.32. The predicted molar refractivity (Wildman–Crippen MR) is 85.3 cm³/mol. The van der Waals surface area contributed by atoms with Crippen molar-refractivity contribution >= 4 is 15.5 Å². The van der Waals surface area contributed by atoms with E-state index in [9.17, 15) is 8.42 Å². The molecule has 0 spiro atoms. The predicted octanol–water partition coefficient (Wildman–Crippen LogP) is 2.30. The lowest BCUT2D eigenvalue weighted by atomic mass is 10.2. The van der Waals surface area contributed by atoms with Crippen LogP contribution in [0.2, 0.25) is 0 Å². The summed E-state index contributed by atoms with van der Waals surface area (Å²) in [6.45, 7) is 7.77. The van der Waals surface area contributed by atoms with E-state index in [-0.39, 0.29) is 11.0 Å². The normalized spacial score (nSPS) is 12.2. The summed E-state index contributed by atoms with van der Waals surface area (Å²) in [4.78, 5) is 2.18. The maximum absolute atomic E-state index is 11.9. The van der Waals surface area contributed by atoms with Gasteiger partial charge in [0.05, 0.1) is 11.0 Å². The number of nitrogens with two attached hydrogens (primary N) is 1. The highest BCUT2D eigenvalue weighted by molar-refractivity contribution is 7.92. The molecule has 0 atom stereocenters. The van der Waals surface area contributed by atoms with E-state index in [1.54, 1.807) is 13.8 Å². The van der Waals surface area contributed by atoms with Gasteiger partial charge in [0.25, 0.3) is 0 Å². The van der Waals surface area contributed by atoms with Crippen LogP contribution in [0.25, 0.3) is 0 Å². The van der Waals surface area contributed by atoms with Crippen LogP contribution >= 0.6 is 0 Å². The first-order valence-corrected chi connectivity index (χ1v) is 8.85. The first-order chi connectivity index (χ1) is 9.35. The molecule has 0 heterocycles. The van der Waals surface area contributed by atoms with Crippen LogP contribution in [0.15, 0.2) is 24.3 Å². The minimum atomic E-state index is -2.98. The zero-order valence-electron chi connectivity index (χ0n) is 12.7. The minimum absolute atomic E-state index is 0.215. The summed E-state index contributed by atoms with van der Waals surface area (Å²) in [6.07, 6.45) is 1.00. The van der Waals surface area contributed by atoms with E-state index >= 15 is 0 Å². The Balaban J connectivity index is 2.65. The highest BCUT2D eigenvalue weighted by atomic mass is 32.2. The van der Waals surface area contributed by atoms with Crippen molar-refractivity contribution in [1.29, 1.82) is 0 Å². The van der Waals surface area contributed by atoms with Crippen molar-refractivity contribution in [2.24, 2.45) is 0 Å². The molecule has 0 saturated heterocycles. The van der Waals surface area contributed by atoms with Gasteiger partial charge < -0.3 is 5.73 Å². The second-order valence-electron chi connectivity index (χ2n) is 5.44. The van der Waals surface area contributed by atoms with Crippen LogP contribution in [0.3, 0.4) is 0 Å². The number of anilines is 1. The standard InChI is InChI=1S/C15H26N2O2S/c1-4-8-17(9-10-20(18,19)13(2)3)12-14-6-5-7-15(16)11-14/h5-7,11,13H,4,8-10,12,16H2,1-3H3. The molecule has 0 saturated carbocycles. The number of nitrogens with zero attached hydrogens (tertiary/aromatic N) is 1.